The highest BCUT2D eigenvalue weighted by molar-refractivity contribution is 5.85. The third-order valence-corrected chi connectivity index (χ3v) is 5.61. The fraction of sp³-hybridized carbons (Fsp3) is 0.346. The lowest BCUT2D eigenvalue weighted by Gasteiger charge is -2.20. The zero-order valence-corrected chi connectivity index (χ0v) is 19.9. The highest BCUT2D eigenvalue weighted by Gasteiger charge is 2.30. The van der Waals surface area contributed by atoms with Crippen molar-refractivity contribution in [1.82, 2.24) is 10.8 Å². The molecule has 0 aromatic heterocycles. The van der Waals surface area contributed by atoms with Gasteiger partial charge < -0.3 is 19.9 Å². The fourth-order valence-corrected chi connectivity index (χ4v) is 3.87. The number of aliphatic carboxylic acids is 1. The first kappa shape index (κ1) is 25.9. The van der Waals surface area contributed by atoms with Gasteiger partial charge in [-0.15, -0.1) is 0 Å². The van der Waals surface area contributed by atoms with Crippen LogP contribution in [-0.4, -0.2) is 55.5 Å². The van der Waals surface area contributed by atoms with Crippen LogP contribution in [0.15, 0.2) is 60.2 Å². The van der Waals surface area contributed by atoms with Crippen LogP contribution in [0, 0.1) is 0 Å². The predicted octanol–water partition coefficient (Wildman–Crippen LogP) is 3.40. The van der Waals surface area contributed by atoms with Gasteiger partial charge in [-0.2, -0.15) is 0 Å². The van der Waals surface area contributed by atoms with Crippen molar-refractivity contribution in [3.63, 3.8) is 0 Å². The average molecular weight is 483 g/mol. The molecular formula is C26H30N2O7. The number of carboxylic acids is 1. The van der Waals surface area contributed by atoms with E-state index in [1.165, 1.54) is 7.11 Å². The summed E-state index contributed by atoms with van der Waals surface area (Å²) in [6, 6.07) is 14.9. The predicted molar refractivity (Wildman–Crippen MR) is 129 cm³/mol. The summed E-state index contributed by atoms with van der Waals surface area (Å²) >= 11 is 0. The average Bonchev–Trinajstić information content (AvgIpc) is 3.16. The molecule has 186 valence electrons. The number of hydroxylamine groups is 1. The van der Waals surface area contributed by atoms with Crippen LogP contribution in [0.4, 0.5) is 4.79 Å². The van der Waals surface area contributed by atoms with Gasteiger partial charge in [0.05, 0.1) is 6.61 Å². The van der Waals surface area contributed by atoms with E-state index in [9.17, 15) is 14.4 Å². The van der Waals surface area contributed by atoms with E-state index in [-0.39, 0.29) is 25.6 Å². The minimum Gasteiger partial charge on any atom is -0.479 e. The molecule has 3 rings (SSSR count). The lowest BCUT2D eigenvalue weighted by Crippen LogP contribution is -2.48. The number of methoxy groups -OCH3 is 1. The van der Waals surface area contributed by atoms with E-state index in [4.69, 9.17) is 19.4 Å². The SMILES string of the molecule is COCC(ONC(=O)C(CC=C(C)C)NC(=O)OCC1c2ccccc2-c2ccccc21)C(=O)O. The van der Waals surface area contributed by atoms with Crippen molar-refractivity contribution >= 4 is 18.0 Å². The summed E-state index contributed by atoms with van der Waals surface area (Å²) in [5.41, 5.74) is 7.42. The smallest absolute Gasteiger partial charge is 0.407 e. The molecular weight excluding hydrogens is 452 g/mol. The number of carbonyl (C=O) groups is 3. The van der Waals surface area contributed by atoms with E-state index >= 15 is 0 Å². The van der Waals surface area contributed by atoms with E-state index in [0.29, 0.717) is 0 Å². The monoisotopic (exact) mass is 482 g/mol. The highest BCUT2D eigenvalue weighted by atomic mass is 16.7. The molecule has 0 aliphatic heterocycles. The number of hydrogen-bond acceptors (Lipinski definition) is 6. The van der Waals surface area contributed by atoms with Crippen LogP contribution in [-0.2, 0) is 23.9 Å². The van der Waals surface area contributed by atoms with E-state index in [2.05, 4.69) is 10.8 Å². The number of nitrogens with one attached hydrogen (secondary N) is 2. The summed E-state index contributed by atoms with van der Waals surface area (Å²) in [5.74, 6) is -2.12. The fourth-order valence-electron chi connectivity index (χ4n) is 3.87. The lowest BCUT2D eigenvalue weighted by molar-refractivity contribution is -0.165. The molecule has 0 bridgehead atoms. The van der Waals surface area contributed by atoms with Gasteiger partial charge in [0.25, 0.3) is 5.91 Å². The number of carboxylic acid groups (broad SMARTS) is 1. The van der Waals surface area contributed by atoms with Crippen LogP contribution in [0.1, 0.15) is 37.3 Å². The van der Waals surface area contributed by atoms with Crippen LogP contribution in [0.3, 0.4) is 0 Å². The maximum Gasteiger partial charge on any atom is 0.407 e. The van der Waals surface area contributed by atoms with Crippen molar-refractivity contribution in [3.8, 4) is 11.1 Å². The summed E-state index contributed by atoms with van der Waals surface area (Å²) < 4.78 is 10.3. The first-order chi connectivity index (χ1) is 16.8. The van der Waals surface area contributed by atoms with E-state index in [1.807, 2.05) is 62.4 Å². The van der Waals surface area contributed by atoms with Crippen molar-refractivity contribution in [2.24, 2.45) is 0 Å². The van der Waals surface area contributed by atoms with Crippen molar-refractivity contribution in [1.29, 1.82) is 0 Å². The number of rotatable bonds is 11. The molecule has 0 saturated heterocycles. The molecule has 1 aliphatic rings. The normalized spacial score (nSPS) is 13.7. The van der Waals surface area contributed by atoms with E-state index in [1.54, 1.807) is 6.08 Å². The van der Waals surface area contributed by atoms with Gasteiger partial charge in [0.15, 0.2) is 0 Å². The minimum absolute atomic E-state index is 0.0995. The second kappa shape index (κ2) is 12.1. The topological polar surface area (TPSA) is 123 Å². The molecule has 3 N–H and O–H groups in total. The standard InChI is InChI=1S/C26H30N2O7/c1-16(2)12-13-22(24(29)28-35-23(15-33-3)25(30)31)27-26(32)34-14-21-19-10-6-4-8-17(19)18-9-5-7-11-20(18)21/h4-12,21-23H,13-15H2,1-3H3,(H,27,32)(H,28,29)(H,30,31). The second-order valence-corrected chi connectivity index (χ2v) is 8.41. The Hall–Kier alpha value is -3.69. The van der Waals surface area contributed by atoms with Crippen LogP contribution >= 0.6 is 0 Å². The van der Waals surface area contributed by atoms with Gasteiger partial charge in [-0.05, 0) is 42.5 Å². The maximum atomic E-state index is 12.6. The minimum atomic E-state index is -1.39. The number of alkyl carbamates (subject to hydrolysis) is 1. The van der Waals surface area contributed by atoms with Gasteiger partial charge in [0, 0.05) is 13.0 Å². The van der Waals surface area contributed by atoms with Crippen LogP contribution in [0.25, 0.3) is 11.1 Å². The molecule has 0 radical (unpaired) electrons. The number of allylic oxidation sites excluding steroid dienone is 1. The molecule has 0 spiro atoms. The van der Waals surface area contributed by atoms with Crippen molar-refractivity contribution < 1.29 is 33.8 Å². The first-order valence-corrected chi connectivity index (χ1v) is 11.2. The lowest BCUT2D eigenvalue weighted by atomic mass is 9.98. The number of amides is 2. The Kier molecular flexibility index (Phi) is 8.99. The molecule has 2 aromatic carbocycles. The quantitative estimate of drug-likeness (QED) is 0.331. The van der Waals surface area contributed by atoms with Gasteiger partial charge in [0.1, 0.15) is 12.6 Å². The van der Waals surface area contributed by atoms with E-state index < -0.39 is 30.1 Å². The van der Waals surface area contributed by atoms with Gasteiger partial charge in [-0.3, -0.25) is 9.63 Å². The Morgan fingerprint density at radius 3 is 2.17 bits per heavy atom. The van der Waals surface area contributed by atoms with Gasteiger partial charge >= 0.3 is 12.1 Å². The van der Waals surface area contributed by atoms with Crippen molar-refractivity contribution in [2.45, 2.75) is 38.3 Å². The summed E-state index contributed by atoms with van der Waals surface area (Å²) in [7, 11) is 1.32. The molecule has 0 heterocycles. The molecule has 2 atom stereocenters. The summed E-state index contributed by atoms with van der Waals surface area (Å²) in [4.78, 5) is 41.4. The molecule has 0 saturated carbocycles. The van der Waals surface area contributed by atoms with Crippen molar-refractivity contribution in [2.75, 3.05) is 20.3 Å². The first-order valence-electron chi connectivity index (χ1n) is 11.2. The summed E-state index contributed by atoms with van der Waals surface area (Å²) in [5, 5.41) is 11.7. The number of benzene rings is 2. The second-order valence-electron chi connectivity index (χ2n) is 8.41. The van der Waals surface area contributed by atoms with E-state index in [0.717, 1.165) is 27.8 Å². The third kappa shape index (κ3) is 6.68. The Bertz CT molecular complexity index is 1050. The molecule has 0 fully saturated rings. The Morgan fingerprint density at radius 1 is 1.03 bits per heavy atom. The zero-order chi connectivity index (χ0) is 25.4. The van der Waals surface area contributed by atoms with Crippen LogP contribution in [0.2, 0.25) is 0 Å². The number of hydrogen-bond donors (Lipinski definition) is 3. The molecule has 9 nitrogen and oxygen atoms in total. The van der Waals surface area contributed by atoms with Crippen molar-refractivity contribution in [3.05, 3.63) is 71.3 Å². The molecule has 2 amide bonds. The molecule has 35 heavy (non-hydrogen) atoms. The summed E-state index contributed by atoms with van der Waals surface area (Å²) in [6.45, 7) is 3.56. The number of carbonyl (C=O) groups excluding carboxylic acids is 2. The Morgan fingerprint density at radius 2 is 1.63 bits per heavy atom. The Balaban J connectivity index is 1.64. The third-order valence-electron chi connectivity index (χ3n) is 5.61. The molecule has 1 aliphatic carbocycles. The van der Waals surface area contributed by atoms with Gasteiger partial charge in [-0.1, -0.05) is 60.2 Å². The summed E-state index contributed by atoms with van der Waals surface area (Å²) in [6.07, 6.45) is -0.204. The van der Waals surface area contributed by atoms with Gasteiger partial charge in [-0.25, -0.2) is 15.1 Å². The molecule has 2 unspecified atom stereocenters. The zero-order valence-electron chi connectivity index (χ0n) is 19.9. The molecule has 2 aromatic rings. The largest absolute Gasteiger partial charge is 0.479 e. The number of fused-ring (bicyclic) bond motifs is 3. The Labute approximate surface area is 204 Å². The van der Waals surface area contributed by atoms with Crippen LogP contribution < -0.4 is 10.8 Å². The van der Waals surface area contributed by atoms with Gasteiger partial charge in [0.2, 0.25) is 6.10 Å². The number of ether oxygens (including phenoxy) is 2. The highest BCUT2D eigenvalue weighted by Crippen LogP contribution is 2.44. The van der Waals surface area contributed by atoms with Crippen LogP contribution in [0.5, 0.6) is 0 Å². The maximum absolute atomic E-state index is 12.6. The molecule has 9 heteroatoms.